The largest absolute Gasteiger partial charge is 0.409 e. The van der Waals surface area contributed by atoms with Crippen molar-refractivity contribution in [1.29, 1.82) is 0 Å². The minimum atomic E-state index is -4.48. The van der Waals surface area contributed by atoms with Gasteiger partial charge in [0.2, 0.25) is 0 Å². The molecule has 1 aliphatic rings. The number of nitrogens with one attached hydrogen (secondary N) is 1. The van der Waals surface area contributed by atoms with Gasteiger partial charge in [-0.25, -0.2) is 4.68 Å². The van der Waals surface area contributed by atoms with E-state index in [0.717, 1.165) is 0 Å². The van der Waals surface area contributed by atoms with Crippen LogP contribution in [0.1, 0.15) is 11.7 Å². The minimum Gasteiger partial charge on any atom is -0.367 e. The molecule has 1 unspecified atom stereocenters. The first-order valence-corrected chi connectivity index (χ1v) is 3.99. The molecule has 1 aliphatic heterocycles. The lowest BCUT2D eigenvalue weighted by Gasteiger charge is -2.13. The van der Waals surface area contributed by atoms with Crippen molar-refractivity contribution in [2.24, 2.45) is 5.73 Å². The lowest BCUT2D eigenvalue weighted by molar-refractivity contribution is -0.149. The van der Waals surface area contributed by atoms with Crippen molar-refractivity contribution in [3.63, 3.8) is 0 Å². The first kappa shape index (κ1) is 9.25. The molecule has 0 aliphatic carbocycles. The second kappa shape index (κ2) is 2.84. The van der Waals surface area contributed by atoms with Crippen LogP contribution in [0, 0.1) is 0 Å². The summed E-state index contributed by atoms with van der Waals surface area (Å²) in [5.41, 5.74) is 4.77. The number of rotatable bonds is 1. The Kier molecular flexibility index (Phi) is 1.88. The third-order valence-electron chi connectivity index (χ3n) is 2.02. The van der Waals surface area contributed by atoms with Gasteiger partial charge < -0.3 is 11.1 Å². The van der Waals surface area contributed by atoms with E-state index < -0.39 is 12.2 Å². The van der Waals surface area contributed by atoms with Crippen molar-refractivity contribution in [1.82, 2.24) is 15.0 Å². The summed E-state index contributed by atoms with van der Waals surface area (Å²) in [6.45, 7) is 1.08. The molecule has 2 rings (SSSR count). The highest BCUT2D eigenvalue weighted by atomic mass is 19.4. The summed E-state index contributed by atoms with van der Waals surface area (Å²) in [6, 6.07) is -2.07. The van der Waals surface area contributed by atoms with Crippen molar-refractivity contribution >= 4 is 5.82 Å². The lowest BCUT2D eigenvalue weighted by atomic mass is 10.2. The summed E-state index contributed by atoms with van der Waals surface area (Å²) in [5.74, 6) is 0.273. The number of fused-ring (bicyclic) bond motifs is 1. The number of hydrogen-bond donors (Lipinski definition) is 2. The molecule has 1 aromatic heterocycles. The molecule has 0 aromatic carbocycles. The maximum atomic E-state index is 12.3. The maximum absolute atomic E-state index is 12.3. The fourth-order valence-corrected chi connectivity index (χ4v) is 1.31. The quantitative estimate of drug-likeness (QED) is 0.693. The third-order valence-corrected chi connectivity index (χ3v) is 2.02. The monoisotopic (exact) mass is 207 g/mol. The van der Waals surface area contributed by atoms with Crippen molar-refractivity contribution in [2.75, 3.05) is 11.9 Å². The normalized spacial score (nSPS) is 17.7. The molecule has 78 valence electrons. The van der Waals surface area contributed by atoms with Crippen LogP contribution in [-0.4, -0.2) is 27.7 Å². The van der Waals surface area contributed by atoms with Crippen LogP contribution in [0.25, 0.3) is 0 Å². The molecule has 0 amide bonds. The Hall–Kier alpha value is -1.31. The van der Waals surface area contributed by atoms with E-state index >= 15 is 0 Å². The standard InChI is InChI=1S/C6H8F3N5/c7-6(8,9)4(10)3-5-11-1-2-14(5)13-12-3/h4,11H,1-2,10H2. The number of nitrogens with two attached hydrogens (primary N) is 1. The van der Waals surface area contributed by atoms with E-state index in [1.54, 1.807) is 0 Å². The Morgan fingerprint density at radius 1 is 1.50 bits per heavy atom. The van der Waals surface area contributed by atoms with E-state index in [2.05, 4.69) is 15.6 Å². The molecule has 2 heterocycles. The number of anilines is 1. The minimum absolute atomic E-state index is 0.241. The van der Waals surface area contributed by atoms with Gasteiger partial charge in [-0.2, -0.15) is 13.2 Å². The van der Waals surface area contributed by atoms with Gasteiger partial charge in [-0.1, -0.05) is 5.21 Å². The second-order valence-corrected chi connectivity index (χ2v) is 2.99. The zero-order valence-electron chi connectivity index (χ0n) is 7.04. The lowest BCUT2D eigenvalue weighted by Crippen LogP contribution is -2.29. The molecule has 5 nitrogen and oxygen atoms in total. The number of aromatic nitrogens is 3. The van der Waals surface area contributed by atoms with E-state index in [1.165, 1.54) is 4.68 Å². The van der Waals surface area contributed by atoms with Crippen molar-refractivity contribution in [3.8, 4) is 0 Å². The number of halogens is 3. The molecule has 8 heteroatoms. The van der Waals surface area contributed by atoms with E-state index in [1.807, 2.05) is 0 Å². The smallest absolute Gasteiger partial charge is 0.367 e. The molecular formula is C6H8F3N5. The van der Waals surface area contributed by atoms with Crippen molar-refractivity contribution in [2.45, 2.75) is 18.8 Å². The van der Waals surface area contributed by atoms with E-state index in [-0.39, 0.29) is 11.5 Å². The van der Waals surface area contributed by atoms with Crippen molar-refractivity contribution in [3.05, 3.63) is 5.69 Å². The van der Waals surface area contributed by atoms with Crippen LogP contribution >= 0.6 is 0 Å². The molecule has 0 radical (unpaired) electrons. The summed E-state index contributed by atoms with van der Waals surface area (Å²) >= 11 is 0. The van der Waals surface area contributed by atoms with Crippen LogP contribution in [0.3, 0.4) is 0 Å². The van der Waals surface area contributed by atoms with Gasteiger partial charge in [0, 0.05) is 6.54 Å². The molecule has 0 spiro atoms. The van der Waals surface area contributed by atoms with Gasteiger partial charge in [0.1, 0.15) is 17.6 Å². The highest BCUT2D eigenvalue weighted by molar-refractivity contribution is 5.44. The molecule has 0 fully saturated rings. The van der Waals surface area contributed by atoms with Crippen LogP contribution in [0.5, 0.6) is 0 Å². The van der Waals surface area contributed by atoms with E-state index in [4.69, 9.17) is 5.73 Å². The average Bonchev–Trinajstić information content (AvgIpc) is 2.59. The fraction of sp³-hybridized carbons (Fsp3) is 0.667. The molecule has 0 saturated heterocycles. The molecule has 14 heavy (non-hydrogen) atoms. The van der Waals surface area contributed by atoms with E-state index in [0.29, 0.717) is 13.1 Å². The van der Waals surface area contributed by atoms with Crippen molar-refractivity contribution < 1.29 is 13.2 Å². The number of hydrogen-bond acceptors (Lipinski definition) is 4. The number of alkyl halides is 3. The van der Waals surface area contributed by atoms with E-state index in [9.17, 15) is 13.2 Å². The van der Waals surface area contributed by atoms with Gasteiger partial charge in [-0.3, -0.25) is 0 Å². The molecule has 1 atom stereocenters. The van der Waals surface area contributed by atoms with Gasteiger partial charge in [-0.15, -0.1) is 5.10 Å². The molecular weight excluding hydrogens is 199 g/mol. The Morgan fingerprint density at radius 3 is 2.86 bits per heavy atom. The van der Waals surface area contributed by atoms with Gasteiger partial charge >= 0.3 is 6.18 Å². The van der Waals surface area contributed by atoms with Crippen LogP contribution < -0.4 is 11.1 Å². The predicted molar refractivity (Wildman–Crippen MR) is 41.5 cm³/mol. The number of nitrogens with zero attached hydrogens (tertiary/aromatic N) is 3. The summed E-state index contributed by atoms with van der Waals surface area (Å²) in [5, 5.41) is 9.72. The highest BCUT2D eigenvalue weighted by Gasteiger charge is 2.42. The summed E-state index contributed by atoms with van der Waals surface area (Å²) in [4.78, 5) is 0. The van der Waals surface area contributed by atoms with Crippen LogP contribution in [0.15, 0.2) is 0 Å². The summed E-state index contributed by atoms with van der Waals surface area (Å²) in [6.07, 6.45) is -4.48. The van der Waals surface area contributed by atoms with Gasteiger partial charge in [0.15, 0.2) is 0 Å². The Labute approximate surface area is 77.1 Å². The molecule has 0 bridgehead atoms. The highest BCUT2D eigenvalue weighted by Crippen LogP contribution is 2.33. The Morgan fingerprint density at radius 2 is 2.21 bits per heavy atom. The molecule has 3 N–H and O–H groups in total. The summed E-state index contributed by atoms with van der Waals surface area (Å²) < 4.78 is 38.1. The van der Waals surface area contributed by atoms with Crippen LogP contribution in [0.2, 0.25) is 0 Å². The second-order valence-electron chi connectivity index (χ2n) is 2.99. The average molecular weight is 207 g/mol. The first-order valence-electron chi connectivity index (χ1n) is 3.99. The topological polar surface area (TPSA) is 68.8 Å². The van der Waals surface area contributed by atoms with Crippen LogP contribution in [-0.2, 0) is 6.54 Å². The Balaban J connectivity index is 2.33. The fourth-order valence-electron chi connectivity index (χ4n) is 1.31. The molecule has 0 saturated carbocycles. The predicted octanol–water partition coefficient (Wildman–Crippen LogP) is 0.266. The zero-order valence-corrected chi connectivity index (χ0v) is 7.04. The molecule has 1 aromatic rings. The SMILES string of the molecule is NC(c1nnn2c1NCC2)C(F)(F)F. The maximum Gasteiger partial charge on any atom is 0.409 e. The van der Waals surface area contributed by atoms with Gasteiger partial charge in [0.25, 0.3) is 0 Å². The summed E-state index contributed by atoms with van der Waals surface area (Å²) in [7, 11) is 0. The van der Waals surface area contributed by atoms with Gasteiger partial charge in [0.05, 0.1) is 6.54 Å². The first-order chi connectivity index (χ1) is 6.50. The Bertz CT molecular complexity index is 344. The van der Waals surface area contributed by atoms with Crippen LogP contribution in [0.4, 0.5) is 19.0 Å². The van der Waals surface area contributed by atoms with Gasteiger partial charge in [-0.05, 0) is 0 Å². The zero-order chi connectivity index (χ0) is 10.3. The third kappa shape index (κ3) is 1.31.